The Kier molecular flexibility index (Phi) is 6.56. The van der Waals surface area contributed by atoms with Gasteiger partial charge in [0, 0.05) is 28.0 Å². The van der Waals surface area contributed by atoms with Crippen LogP contribution in [0.3, 0.4) is 0 Å². The number of thiazole rings is 1. The Bertz CT molecular complexity index is 733. The number of aromatic nitrogens is 1. The Balaban J connectivity index is 2.01. The lowest BCUT2D eigenvalue weighted by atomic mass is 10.2. The molecule has 0 bridgehead atoms. The van der Waals surface area contributed by atoms with Crippen molar-refractivity contribution in [1.29, 1.82) is 0 Å². The van der Waals surface area contributed by atoms with Crippen LogP contribution in [0.2, 0.25) is 5.02 Å². The molecule has 7 heteroatoms. The molecule has 0 fully saturated rings. The van der Waals surface area contributed by atoms with Crippen molar-refractivity contribution < 1.29 is 9.59 Å². The summed E-state index contributed by atoms with van der Waals surface area (Å²) in [5, 5.41) is 5.60. The summed E-state index contributed by atoms with van der Waals surface area (Å²) in [5.41, 5.74) is 1.16. The number of amides is 2. The van der Waals surface area contributed by atoms with Crippen LogP contribution in [0, 0.1) is 0 Å². The van der Waals surface area contributed by atoms with Crippen LogP contribution < -0.4 is 5.32 Å². The first kappa shape index (κ1) is 19.4. The summed E-state index contributed by atoms with van der Waals surface area (Å²) < 4.78 is 0. The van der Waals surface area contributed by atoms with Crippen molar-refractivity contribution in [2.45, 2.75) is 46.2 Å². The molecule has 0 atom stereocenters. The molecular weight excluding hydrogens is 358 g/mol. The van der Waals surface area contributed by atoms with Gasteiger partial charge in [0.1, 0.15) is 0 Å². The summed E-state index contributed by atoms with van der Waals surface area (Å²) in [7, 11) is 0. The molecule has 1 heterocycles. The number of nitrogens with zero attached hydrogens (tertiary/aromatic N) is 2. The van der Waals surface area contributed by atoms with Gasteiger partial charge in [-0.1, -0.05) is 11.6 Å². The van der Waals surface area contributed by atoms with Gasteiger partial charge in [-0.15, -0.1) is 11.3 Å². The zero-order chi connectivity index (χ0) is 18.6. The predicted molar refractivity (Wildman–Crippen MR) is 102 cm³/mol. The van der Waals surface area contributed by atoms with E-state index in [-0.39, 0.29) is 30.3 Å². The molecule has 1 aromatic carbocycles. The second-order valence-electron chi connectivity index (χ2n) is 6.27. The highest BCUT2D eigenvalue weighted by molar-refractivity contribution is 7.14. The number of nitrogens with one attached hydrogen (secondary N) is 1. The van der Waals surface area contributed by atoms with Crippen molar-refractivity contribution in [2.24, 2.45) is 0 Å². The maximum Gasteiger partial charge on any atom is 0.257 e. The lowest BCUT2D eigenvalue weighted by Crippen LogP contribution is -2.42. The minimum absolute atomic E-state index is 0.0332. The van der Waals surface area contributed by atoms with Crippen LogP contribution >= 0.6 is 22.9 Å². The van der Waals surface area contributed by atoms with E-state index in [1.54, 1.807) is 29.6 Å². The second kappa shape index (κ2) is 8.45. The molecule has 0 aliphatic carbocycles. The first-order chi connectivity index (χ1) is 11.8. The fourth-order valence-corrected chi connectivity index (χ4v) is 3.47. The van der Waals surface area contributed by atoms with E-state index in [0.717, 1.165) is 0 Å². The SMILES string of the molecule is CC(C)N(C(=O)Cc1csc(NC(=O)c2ccc(Cl)cc2)n1)C(C)C. The third-order valence-corrected chi connectivity index (χ3v) is 4.67. The molecule has 0 radical (unpaired) electrons. The molecule has 134 valence electrons. The van der Waals surface area contributed by atoms with Gasteiger partial charge >= 0.3 is 0 Å². The first-order valence-corrected chi connectivity index (χ1v) is 9.36. The standard InChI is InChI=1S/C18H22ClN3O2S/c1-11(2)22(12(3)4)16(23)9-15-10-25-18(20-15)21-17(24)13-5-7-14(19)8-6-13/h5-8,10-12H,9H2,1-4H3,(H,20,21,24). The number of anilines is 1. The number of carbonyl (C=O) groups is 2. The molecule has 0 unspecified atom stereocenters. The predicted octanol–water partition coefficient (Wildman–Crippen LogP) is 4.24. The Hall–Kier alpha value is -1.92. The van der Waals surface area contributed by atoms with E-state index < -0.39 is 0 Å². The summed E-state index contributed by atoms with van der Waals surface area (Å²) >= 11 is 7.13. The highest BCUT2D eigenvalue weighted by Gasteiger charge is 2.21. The lowest BCUT2D eigenvalue weighted by molar-refractivity contribution is -0.134. The molecule has 1 N–H and O–H groups in total. The highest BCUT2D eigenvalue weighted by atomic mass is 35.5. The fraction of sp³-hybridized carbons (Fsp3) is 0.389. The summed E-state index contributed by atoms with van der Waals surface area (Å²) in [4.78, 5) is 30.8. The molecule has 0 saturated carbocycles. The number of rotatable bonds is 6. The molecule has 1 aromatic heterocycles. The second-order valence-corrected chi connectivity index (χ2v) is 7.56. The number of benzene rings is 1. The van der Waals surface area contributed by atoms with Crippen LogP contribution in [-0.4, -0.2) is 33.8 Å². The van der Waals surface area contributed by atoms with E-state index in [1.165, 1.54) is 11.3 Å². The van der Waals surface area contributed by atoms with Crippen molar-refractivity contribution in [1.82, 2.24) is 9.88 Å². The van der Waals surface area contributed by atoms with Crippen LogP contribution in [0.15, 0.2) is 29.6 Å². The van der Waals surface area contributed by atoms with E-state index in [4.69, 9.17) is 11.6 Å². The van der Waals surface area contributed by atoms with Crippen LogP contribution in [0.1, 0.15) is 43.7 Å². The number of carbonyl (C=O) groups excluding carboxylic acids is 2. The third kappa shape index (κ3) is 5.28. The van der Waals surface area contributed by atoms with Gasteiger partial charge in [0.15, 0.2) is 5.13 Å². The van der Waals surface area contributed by atoms with E-state index in [9.17, 15) is 9.59 Å². The summed E-state index contributed by atoms with van der Waals surface area (Å²) in [5.74, 6) is -0.222. The Morgan fingerprint density at radius 3 is 2.32 bits per heavy atom. The van der Waals surface area contributed by atoms with Gasteiger partial charge in [0.05, 0.1) is 12.1 Å². The first-order valence-electron chi connectivity index (χ1n) is 8.10. The number of hydrogen-bond donors (Lipinski definition) is 1. The third-order valence-electron chi connectivity index (χ3n) is 3.61. The van der Waals surface area contributed by atoms with Crippen LogP contribution in [0.25, 0.3) is 0 Å². The molecule has 0 aliphatic rings. The number of halogens is 1. The van der Waals surface area contributed by atoms with Gasteiger partial charge < -0.3 is 4.90 Å². The van der Waals surface area contributed by atoms with Gasteiger partial charge in [0.2, 0.25) is 5.91 Å². The van der Waals surface area contributed by atoms with Gasteiger partial charge in [-0.05, 0) is 52.0 Å². The van der Waals surface area contributed by atoms with Crippen molar-refractivity contribution in [3.63, 3.8) is 0 Å². The molecular formula is C18H22ClN3O2S. The maximum atomic E-state index is 12.5. The van der Waals surface area contributed by atoms with Gasteiger partial charge in [-0.2, -0.15) is 0 Å². The Labute approximate surface area is 157 Å². The van der Waals surface area contributed by atoms with E-state index in [0.29, 0.717) is 21.4 Å². The summed E-state index contributed by atoms with van der Waals surface area (Å²) in [6.45, 7) is 7.99. The molecule has 2 aromatic rings. The van der Waals surface area contributed by atoms with Gasteiger partial charge in [-0.25, -0.2) is 4.98 Å². The maximum absolute atomic E-state index is 12.5. The Morgan fingerprint density at radius 2 is 1.76 bits per heavy atom. The summed E-state index contributed by atoms with van der Waals surface area (Å²) in [6.07, 6.45) is 0.226. The van der Waals surface area contributed by atoms with E-state index >= 15 is 0 Å². The average Bonchev–Trinajstić information content (AvgIpc) is 2.93. The quantitative estimate of drug-likeness (QED) is 0.816. The molecule has 5 nitrogen and oxygen atoms in total. The average molecular weight is 380 g/mol. The van der Waals surface area contributed by atoms with E-state index in [1.807, 2.05) is 32.6 Å². The summed E-state index contributed by atoms with van der Waals surface area (Å²) in [6, 6.07) is 6.90. The smallest absolute Gasteiger partial charge is 0.257 e. The zero-order valence-electron chi connectivity index (χ0n) is 14.7. The number of hydrogen-bond acceptors (Lipinski definition) is 4. The van der Waals surface area contributed by atoms with Crippen molar-refractivity contribution >= 4 is 39.9 Å². The van der Waals surface area contributed by atoms with Crippen LogP contribution in [0.5, 0.6) is 0 Å². The van der Waals surface area contributed by atoms with Gasteiger partial charge in [0.25, 0.3) is 5.91 Å². The molecule has 0 spiro atoms. The molecule has 2 amide bonds. The fourth-order valence-electron chi connectivity index (χ4n) is 2.63. The van der Waals surface area contributed by atoms with Gasteiger partial charge in [-0.3, -0.25) is 14.9 Å². The Morgan fingerprint density at radius 1 is 1.16 bits per heavy atom. The van der Waals surface area contributed by atoms with E-state index in [2.05, 4.69) is 10.3 Å². The molecule has 25 heavy (non-hydrogen) atoms. The van der Waals surface area contributed by atoms with Crippen LogP contribution in [-0.2, 0) is 11.2 Å². The monoisotopic (exact) mass is 379 g/mol. The topological polar surface area (TPSA) is 62.3 Å². The zero-order valence-corrected chi connectivity index (χ0v) is 16.3. The molecule has 2 rings (SSSR count). The largest absolute Gasteiger partial charge is 0.338 e. The van der Waals surface area contributed by atoms with Crippen molar-refractivity contribution in [3.8, 4) is 0 Å². The van der Waals surface area contributed by atoms with Crippen molar-refractivity contribution in [3.05, 3.63) is 45.9 Å². The van der Waals surface area contributed by atoms with Crippen LogP contribution in [0.4, 0.5) is 5.13 Å². The minimum Gasteiger partial charge on any atom is -0.338 e. The van der Waals surface area contributed by atoms with Crippen molar-refractivity contribution in [2.75, 3.05) is 5.32 Å². The highest BCUT2D eigenvalue weighted by Crippen LogP contribution is 2.19. The minimum atomic E-state index is -0.255. The lowest BCUT2D eigenvalue weighted by Gasteiger charge is -2.30. The normalized spacial score (nSPS) is 11.0. The molecule has 0 saturated heterocycles. The molecule has 0 aliphatic heterocycles.